The van der Waals surface area contributed by atoms with Crippen LogP contribution in [0.15, 0.2) is 47.4 Å². The Labute approximate surface area is 137 Å². The molecule has 2 aromatic rings. The van der Waals surface area contributed by atoms with Crippen molar-refractivity contribution in [2.45, 2.75) is 30.8 Å². The molecule has 1 atom stereocenters. The van der Waals surface area contributed by atoms with Crippen LogP contribution in [0.1, 0.15) is 29.2 Å². The predicted molar refractivity (Wildman–Crippen MR) is 90.4 cm³/mol. The first-order chi connectivity index (χ1) is 11.0. The minimum absolute atomic E-state index is 0.0668. The number of benzene rings is 2. The van der Waals surface area contributed by atoms with Crippen molar-refractivity contribution in [1.29, 1.82) is 0 Å². The molecule has 0 saturated heterocycles. The largest absolute Gasteiger partial charge is 0.496 e. The van der Waals surface area contributed by atoms with Gasteiger partial charge in [-0.2, -0.15) is 0 Å². The van der Waals surface area contributed by atoms with Gasteiger partial charge in [0.05, 0.1) is 17.8 Å². The second kappa shape index (κ2) is 6.34. The monoisotopic (exact) mass is 331 g/mol. The van der Waals surface area contributed by atoms with Gasteiger partial charge >= 0.3 is 0 Å². The summed E-state index contributed by atoms with van der Waals surface area (Å²) >= 11 is 0. The predicted octanol–water partition coefficient (Wildman–Crippen LogP) is 3.01. The summed E-state index contributed by atoms with van der Waals surface area (Å²) in [7, 11) is -1.46. The Bertz CT molecular complexity index is 815. The number of hydrogen-bond donors (Lipinski definition) is 1. The zero-order chi connectivity index (χ0) is 16.4. The van der Waals surface area contributed by atoms with E-state index < -0.39 is 9.84 Å². The van der Waals surface area contributed by atoms with E-state index in [1.54, 1.807) is 19.2 Å². The Balaban J connectivity index is 1.78. The SMILES string of the molecule is COc1ccc(CN[C@@H]2CCS(=O)(=O)c3ccccc32)cc1C. The van der Waals surface area contributed by atoms with Crippen molar-refractivity contribution in [3.63, 3.8) is 0 Å². The maximum atomic E-state index is 12.2. The molecule has 0 unspecified atom stereocenters. The van der Waals surface area contributed by atoms with Crippen molar-refractivity contribution in [2.75, 3.05) is 12.9 Å². The Hall–Kier alpha value is -1.85. The molecule has 5 heteroatoms. The topological polar surface area (TPSA) is 55.4 Å². The van der Waals surface area contributed by atoms with Gasteiger partial charge in [-0.05, 0) is 42.2 Å². The summed E-state index contributed by atoms with van der Waals surface area (Å²) in [5, 5.41) is 3.49. The molecule has 0 bridgehead atoms. The van der Waals surface area contributed by atoms with Crippen LogP contribution in [0.2, 0.25) is 0 Å². The Morgan fingerprint density at radius 2 is 2.00 bits per heavy atom. The first-order valence-corrected chi connectivity index (χ1v) is 9.35. The maximum Gasteiger partial charge on any atom is 0.178 e. The van der Waals surface area contributed by atoms with Gasteiger partial charge < -0.3 is 10.1 Å². The third-order valence-electron chi connectivity index (χ3n) is 4.32. The summed E-state index contributed by atoms with van der Waals surface area (Å²) in [6.45, 7) is 2.72. The lowest BCUT2D eigenvalue weighted by Crippen LogP contribution is -2.29. The van der Waals surface area contributed by atoms with Crippen LogP contribution < -0.4 is 10.1 Å². The highest BCUT2D eigenvalue weighted by Crippen LogP contribution is 2.32. The molecule has 1 aliphatic heterocycles. The van der Waals surface area contributed by atoms with Gasteiger partial charge in [-0.25, -0.2) is 8.42 Å². The molecule has 0 amide bonds. The van der Waals surface area contributed by atoms with Gasteiger partial charge in [-0.3, -0.25) is 0 Å². The van der Waals surface area contributed by atoms with E-state index in [4.69, 9.17) is 4.74 Å². The Morgan fingerprint density at radius 1 is 1.22 bits per heavy atom. The lowest BCUT2D eigenvalue weighted by molar-refractivity contribution is 0.411. The maximum absolute atomic E-state index is 12.2. The fourth-order valence-electron chi connectivity index (χ4n) is 3.09. The van der Waals surface area contributed by atoms with E-state index in [0.717, 1.165) is 22.4 Å². The summed E-state index contributed by atoms with van der Waals surface area (Å²) in [6.07, 6.45) is 0.606. The summed E-state index contributed by atoms with van der Waals surface area (Å²) in [5.41, 5.74) is 3.14. The molecule has 1 N–H and O–H groups in total. The van der Waals surface area contributed by atoms with E-state index in [0.29, 0.717) is 17.9 Å². The van der Waals surface area contributed by atoms with E-state index >= 15 is 0 Å². The van der Waals surface area contributed by atoms with Crippen molar-refractivity contribution in [3.8, 4) is 5.75 Å². The highest BCUT2D eigenvalue weighted by molar-refractivity contribution is 7.91. The molecule has 1 aliphatic rings. The molecular weight excluding hydrogens is 310 g/mol. The number of rotatable bonds is 4. The van der Waals surface area contributed by atoms with Crippen LogP contribution >= 0.6 is 0 Å². The second-order valence-electron chi connectivity index (χ2n) is 5.88. The number of ether oxygens (including phenoxy) is 1. The minimum atomic E-state index is -3.13. The average molecular weight is 331 g/mol. The van der Waals surface area contributed by atoms with Crippen molar-refractivity contribution in [3.05, 3.63) is 59.2 Å². The summed E-state index contributed by atoms with van der Waals surface area (Å²) in [6, 6.07) is 13.4. The van der Waals surface area contributed by atoms with E-state index in [1.165, 1.54) is 0 Å². The second-order valence-corrected chi connectivity index (χ2v) is 7.96. The zero-order valence-electron chi connectivity index (χ0n) is 13.4. The number of fused-ring (bicyclic) bond motifs is 1. The lowest BCUT2D eigenvalue weighted by atomic mass is 10.0. The summed E-state index contributed by atoms with van der Waals surface area (Å²) in [4.78, 5) is 0.467. The van der Waals surface area contributed by atoms with Gasteiger partial charge in [0.2, 0.25) is 0 Å². The number of aryl methyl sites for hydroxylation is 1. The van der Waals surface area contributed by atoms with Crippen LogP contribution in [0.5, 0.6) is 5.75 Å². The van der Waals surface area contributed by atoms with Gasteiger partial charge in [0, 0.05) is 12.6 Å². The van der Waals surface area contributed by atoms with Crippen LogP contribution in [-0.2, 0) is 16.4 Å². The minimum Gasteiger partial charge on any atom is -0.496 e. The van der Waals surface area contributed by atoms with Crippen LogP contribution in [0.4, 0.5) is 0 Å². The third-order valence-corrected chi connectivity index (χ3v) is 6.13. The summed E-state index contributed by atoms with van der Waals surface area (Å²) in [5.74, 6) is 1.08. The standard InChI is InChI=1S/C18H21NO3S/c1-13-11-14(7-8-17(13)22-2)12-19-16-9-10-23(20,21)18-6-4-3-5-15(16)18/h3-8,11,16,19H,9-10,12H2,1-2H3/t16-/m1/s1. The molecule has 0 saturated carbocycles. The molecule has 23 heavy (non-hydrogen) atoms. The molecule has 0 fully saturated rings. The highest BCUT2D eigenvalue weighted by Gasteiger charge is 2.29. The smallest absolute Gasteiger partial charge is 0.178 e. The molecule has 4 nitrogen and oxygen atoms in total. The number of methoxy groups -OCH3 is 1. The number of hydrogen-bond acceptors (Lipinski definition) is 4. The van der Waals surface area contributed by atoms with E-state index in [2.05, 4.69) is 11.4 Å². The van der Waals surface area contributed by atoms with Crippen LogP contribution in [-0.4, -0.2) is 21.3 Å². The van der Waals surface area contributed by atoms with Gasteiger partial charge in [0.25, 0.3) is 0 Å². The van der Waals surface area contributed by atoms with Crippen molar-refractivity contribution < 1.29 is 13.2 Å². The van der Waals surface area contributed by atoms with Gasteiger partial charge in [-0.15, -0.1) is 0 Å². The molecule has 0 spiro atoms. The quantitative estimate of drug-likeness (QED) is 0.936. The van der Waals surface area contributed by atoms with Crippen molar-refractivity contribution in [1.82, 2.24) is 5.32 Å². The van der Waals surface area contributed by atoms with Crippen LogP contribution in [0.25, 0.3) is 0 Å². The normalized spacial score (nSPS) is 19.1. The molecule has 0 aromatic heterocycles. The number of sulfone groups is 1. The zero-order valence-corrected chi connectivity index (χ0v) is 14.2. The van der Waals surface area contributed by atoms with Crippen LogP contribution in [0, 0.1) is 6.92 Å². The third kappa shape index (κ3) is 3.26. The summed E-state index contributed by atoms with van der Waals surface area (Å²) < 4.78 is 29.6. The lowest BCUT2D eigenvalue weighted by Gasteiger charge is -2.26. The first kappa shape index (κ1) is 16.0. The molecule has 1 heterocycles. The van der Waals surface area contributed by atoms with Gasteiger partial charge in [-0.1, -0.05) is 30.3 Å². The van der Waals surface area contributed by atoms with Crippen LogP contribution in [0.3, 0.4) is 0 Å². The Morgan fingerprint density at radius 3 is 2.74 bits per heavy atom. The molecular formula is C18H21NO3S. The highest BCUT2D eigenvalue weighted by atomic mass is 32.2. The van der Waals surface area contributed by atoms with Gasteiger partial charge in [0.15, 0.2) is 9.84 Å². The van der Waals surface area contributed by atoms with Crippen molar-refractivity contribution >= 4 is 9.84 Å². The molecule has 0 aliphatic carbocycles. The molecule has 122 valence electrons. The fourth-order valence-corrected chi connectivity index (χ4v) is 4.71. The van der Waals surface area contributed by atoms with E-state index in [-0.39, 0.29) is 11.8 Å². The average Bonchev–Trinajstić information content (AvgIpc) is 2.54. The first-order valence-electron chi connectivity index (χ1n) is 7.70. The van der Waals surface area contributed by atoms with E-state index in [1.807, 2.05) is 31.2 Å². The molecule has 3 rings (SSSR count). The van der Waals surface area contributed by atoms with Gasteiger partial charge in [0.1, 0.15) is 5.75 Å². The number of nitrogens with one attached hydrogen (secondary N) is 1. The molecule has 2 aromatic carbocycles. The Kier molecular flexibility index (Phi) is 4.41. The molecule has 0 radical (unpaired) electrons. The van der Waals surface area contributed by atoms with E-state index in [9.17, 15) is 8.42 Å². The fraction of sp³-hybridized carbons (Fsp3) is 0.333. The van der Waals surface area contributed by atoms with Crippen molar-refractivity contribution in [2.24, 2.45) is 0 Å².